The van der Waals surface area contributed by atoms with E-state index in [0.717, 1.165) is 19.3 Å². The SMILES string of the molecule is Nc1cc(I)c(O)c2sccc12. The molecule has 0 spiro atoms. The van der Waals surface area contributed by atoms with Gasteiger partial charge < -0.3 is 10.8 Å². The van der Waals surface area contributed by atoms with Crippen molar-refractivity contribution in [2.24, 2.45) is 0 Å². The summed E-state index contributed by atoms with van der Waals surface area (Å²) in [7, 11) is 0. The molecule has 2 aromatic rings. The summed E-state index contributed by atoms with van der Waals surface area (Å²) in [6.07, 6.45) is 0. The second-order valence-electron chi connectivity index (χ2n) is 2.46. The van der Waals surface area contributed by atoms with Gasteiger partial charge in [-0.1, -0.05) is 0 Å². The molecule has 1 aromatic carbocycles. The molecule has 0 aliphatic heterocycles. The monoisotopic (exact) mass is 291 g/mol. The Balaban J connectivity index is 2.97. The van der Waals surface area contributed by atoms with E-state index in [1.165, 1.54) is 11.3 Å². The molecule has 62 valence electrons. The molecule has 0 fully saturated rings. The zero-order chi connectivity index (χ0) is 8.72. The van der Waals surface area contributed by atoms with E-state index in [4.69, 9.17) is 5.73 Å². The third kappa shape index (κ3) is 1.06. The number of hydrogen-bond donors (Lipinski definition) is 2. The predicted octanol–water partition coefficient (Wildman–Crippen LogP) is 2.79. The molecule has 2 nitrogen and oxygen atoms in total. The van der Waals surface area contributed by atoms with Gasteiger partial charge in [0.25, 0.3) is 0 Å². The first-order valence-electron chi connectivity index (χ1n) is 3.34. The molecule has 0 unspecified atom stereocenters. The van der Waals surface area contributed by atoms with Crippen LogP contribution < -0.4 is 5.73 Å². The second kappa shape index (κ2) is 2.77. The minimum Gasteiger partial charge on any atom is -0.505 e. The minimum absolute atomic E-state index is 0.342. The summed E-state index contributed by atoms with van der Waals surface area (Å²) in [5.41, 5.74) is 6.49. The van der Waals surface area contributed by atoms with Crippen LogP contribution in [-0.4, -0.2) is 5.11 Å². The predicted molar refractivity (Wildman–Crippen MR) is 60.6 cm³/mol. The van der Waals surface area contributed by atoms with E-state index in [2.05, 4.69) is 22.6 Å². The lowest BCUT2D eigenvalue weighted by Crippen LogP contribution is -1.86. The Labute approximate surface area is 87.1 Å². The van der Waals surface area contributed by atoms with Gasteiger partial charge in [-0.25, -0.2) is 0 Å². The third-order valence-corrected chi connectivity index (χ3v) is 3.44. The number of benzene rings is 1. The number of rotatable bonds is 0. The zero-order valence-corrected chi connectivity index (χ0v) is 9.02. The highest BCUT2D eigenvalue weighted by atomic mass is 127. The van der Waals surface area contributed by atoms with Crippen molar-refractivity contribution in [3.05, 3.63) is 21.1 Å². The van der Waals surface area contributed by atoms with Crippen molar-refractivity contribution in [3.8, 4) is 5.75 Å². The Bertz CT molecular complexity index is 438. The summed E-state index contributed by atoms with van der Waals surface area (Å²) >= 11 is 3.58. The highest BCUT2D eigenvalue weighted by molar-refractivity contribution is 14.1. The lowest BCUT2D eigenvalue weighted by Gasteiger charge is -2.01. The maximum atomic E-state index is 9.62. The lowest BCUT2D eigenvalue weighted by molar-refractivity contribution is 0.479. The summed E-state index contributed by atoms with van der Waals surface area (Å²) in [6, 6.07) is 3.70. The average Bonchev–Trinajstić information content (AvgIpc) is 2.48. The molecule has 12 heavy (non-hydrogen) atoms. The van der Waals surface area contributed by atoms with E-state index < -0.39 is 0 Å². The molecule has 0 saturated carbocycles. The Kier molecular flexibility index (Phi) is 1.88. The highest BCUT2D eigenvalue weighted by Crippen LogP contribution is 2.37. The first-order chi connectivity index (χ1) is 5.70. The van der Waals surface area contributed by atoms with Crippen LogP contribution in [-0.2, 0) is 0 Å². The molecule has 0 radical (unpaired) electrons. The van der Waals surface area contributed by atoms with Gasteiger partial charge in [-0.15, -0.1) is 11.3 Å². The van der Waals surface area contributed by atoms with Crippen LogP contribution in [0.15, 0.2) is 17.5 Å². The summed E-state index contributed by atoms with van der Waals surface area (Å²) in [4.78, 5) is 0. The molecule has 3 N–H and O–H groups in total. The maximum absolute atomic E-state index is 9.62. The lowest BCUT2D eigenvalue weighted by atomic mass is 10.2. The van der Waals surface area contributed by atoms with Gasteiger partial charge in [-0.2, -0.15) is 0 Å². The Hall–Kier alpha value is -0.490. The number of nitrogen functional groups attached to an aromatic ring is 1. The molecule has 1 aromatic heterocycles. The number of aromatic hydroxyl groups is 1. The number of fused-ring (bicyclic) bond motifs is 1. The molecule has 2 rings (SSSR count). The molecule has 0 saturated heterocycles. The molecule has 0 aliphatic carbocycles. The van der Waals surface area contributed by atoms with Gasteiger partial charge in [0.1, 0.15) is 5.75 Å². The van der Waals surface area contributed by atoms with Crippen LogP contribution in [0.25, 0.3) is 10.1 Å². The van der Waals surface area contributed by atoms with Crippen molar-refractivity contribution >= 4 is 49.7 Å². The van der Waals surface area contributed by atoms with E-state index in [-0.39, 0.29) is 0 Å². The molecule has 0 amide bonds. The van der Waals surface area contributed by atoms with Gasteiger partial charge >= 0.3 is 0 Å². The van der Waals surface area contributed by atoms with Crippen LogP contribution in [0.1, 0.15) is 0 Å². The van der Waals surface area contributed by atoms with Crippen molar-refractivity contribution in [1.82, 2.24) is 0 Å². The number of halogens is 1. The molecule has 1 heterocycles. The van der Waals surface area contributed by atoms with Crippen LogP contribution in [0.4, 0.5) is 5.69 Å². The summed E-state index contributed by atoms with van der Waals surface area (Å²) < 4.78 is 1.68. The number of thiophene rings is 1. The van der Waals surface area contributed by atoms with Crippen molar-refractivity contribution < 1.29 is 5.11 Å². The Morgan fingerprint density at radius 1 is 1.50 bits per heavy atom. The topological polar surface area (TPSA) is 46.2 Å². The first-order valence-corrected chi connectivity index (χ1v) is 5.30. The number of nitrogens with two attached hydrogens (primary N) is 1. The average molecular weight is 291 g/mol. The van der Waals surface area contributed by atoms with Gasteiger partial charge in [-0.05, 0) is 40.1 Å². The van der Waals surface area contributed by atoms with Crippen molar-refractivity contribution in [2.75, 3.05) is 5.73 Å². The van der Waals surface area contributed by atoms with Crippen LogP contribution in [0, 0.1) is 3.57 Å². The molecule has 0 bridgehead atoms. The van der Waals surface area contributed by atoms with Crippen LogP contribution in [0.3, 0.4) is 0 Å². The number of hydrogen-bond acceptors (Lipinski definition) is 3. The van der Waals surface area contributed by atoms with Gasteiger partial charge in [0.2, 0.25) is 0 Å². The molecule has 0 aliphatic rings. The van der Waals surface area contributed by atoms with Crippen LogP contribution in [0.2, 0.25) is 0 Å². The fraction of sp³-hybridized carbons (Fsp3) is 0. The number of phenols is 1. The summed E-state index contributed by atoms with van der Waals surface area (Å²) in [5, 5.41) is 12.5. The van der Waals surface area contributed by atoms with Crippen molar-refractivity contribution in [2.45, 2.75) is 0 Å². The zero-order valence-electron chi connectivity index (χ0n) is 6.04. The van der Waals surface area contributed by atoms with Gasteiger partial charge in [0, 0.05) is 11.1 Å². The fourth-order valence-corrected chi connectivity index (χ4v) is 2.77. The van der Waals surface area contributed by atoms with E-state index >= 15 is 0 Å². The normalized spacial score (nSPS) is 10.8. The van der Waals surface area contributed by atoms with Crippen LogP contribution in [0.5, 0.6) is 5.75 Å². The second-order valence-corrected chi connectivity index (χ2v) is 4.54. The Morgan fingerprint density at radius 3 is 3.00 bits per heavy atom. The van der Waals surface area contributed by atoms with E-state index in [0.29, 0.717) is 5.75 Å². The van der Waals surface area contributed by atoms with Crippen molar-refractivity contribution in [3.63, 3.8) is 0 Å². The Morgan fingerprint density at radius 2 is 2.25 bits per heavy atom. The largest absolute Gasteiger partial charge is 0.505 e. The molecule has 4 heteroatoms. The van der Waals surface area contributed by atoms with Gasteiger partial charge in [0.15, 0.2) is 0 Å². The standard InChI is InChI=1S/C8H6INOS/c9-5-3-6(10)4-1-2-12-8(4)7(5)11/h1-3,11H,10H2. The summed E-state index contributed by atoms with van der Waals surface area (Å²) in [5.74, 6) is 0.342. The highest BCUT2D eigenvalue weighted by Gasteiger charge is 2.08. The van der Waals surface area contributed by atoms with E-state index in [1.54, 1.807) is 6.07 Å². The number of phenolic OH excluding ortho intramolecular Hbond substituents is 1. The smallest absolute Gasteiger partial charge is 0.146 e. The fourth-order valence-electron chi connectivity index (χ4n) is 1.11. The maximum Gasteiger partial charge on any atom is 0.146 e. The van der Waals surface area contributed by atoms with E-state index in [9.17, 15) is 5.11 Å². The molecular formula is C8H6INOS. The third-order valence-electron chi connectivity index (χ3n) is 1.70. The summed E-state index contributed by atoms with van der Waals surface area (Å²) in [6.45, 7) is 0. The quantitative estimate of drug-likeness (QED) is 0.445. The van der Waals surface area contributed by atoms with E-state index in [1.807, 2.05) is 11.4 Å². The number of anilines is 1. The van der Waals surface area contributed by atoms with Crippen molar-refractivity contribution in [1.29, 1.82) is 0 Å². The van der Waals surface area contributed by atoms with Gasteiger partial charge in [0.05, 0.1) is 8.27 Å². The van der Waals surface area contributed by atoms with Crippen LogP contribution >= 0.6 is 33.9 Å². The first kappa shape index (κ1) is 8.12. The molecule has 0 atom stereocenters. The van der Waals surface area contributed by atoms with Gasteiger partial charge in [-0.3, -0.25) is 0 Å². The minimum atomic E-state index is 0.342. The molecular weight excluding hydrogens is 285 g/mol.